The third kappa shape index (κ3) is 1.72. The van der Waals surface area contributed by atoms with Crippen LogP contribution in [-0.4, -0.2) is 27.6 Å². The monoisotopic (exact) mass is 230 g/mol. The molecule has 4 nitrogen and oxygen atoms in total. The van der Waals surface area contributed by atoms with Crippen molar-refractivity contribution in [2.75, 3.05) is 13.1 Å². The second-order valence-corrected chi connectivity index (χ2v) is 4.97. The summed E-state index contributed by atoms with van der Waals surface area (Å²) in [7, 11) is 0. The minimum atomic E-state index is 0.408. The Hall–Kier alpha value is -1.42. The summed E-state index contributed by atoms with van der Waals surface area (Å²) in [5, 5.41) is 3.41. The van der Waals surface area contributed by atoms with Crippen LogP contribution in [-0.2, 0) is 0 Å². The third-order valence-electron chi connectivity index (χ3n) is 3.42. The highest BCUT2D eigenvalue weighted by molar-refractivity contribution is 5.71. The zero-order valence-corrected chi connectivity index (χ0v) is 10.3. The van der Waals surface area contributed by atoms with Gasteiger partial charge in [-0.3, -0.25) is 0 Å². The second kappa shape index (κ2) is 4.11. The molecule has 1 unspecified atom stereocenters. The molecule has 17 heavy (non-hydrogen) atoms. The molecular weight excluding hydrogens is 212 g/mol. The number of fused-ring (bicyclic) bond motifs is 1. The van der Waals surface area contributed by atoms with Gasteiger partial charge < -0.3 is 9.88 Å². The highest BCUT2D eigenvalue weighted by atomic mass is 15.2. The first-order valence-electron chi connectivity index (χ1n) is 6.31. The van der Waals surface area contributed by atoms with Crippen LogP contribution in [0.1, 0.15) is 38.1 Å². The molecule has 1 saturated heterocycles. The molecular formula is C13H18N4. The molecule has 0 amide bonds. The van der Waals surface area contributed by atoms with E-state index in [1.807, 2.05) is 18.3 Å². The summed E-state index contributed by atoms with van der Waals surface area (Å²) in [6.07, 6.45) is 3.02. The van der Waals surface area contributed by atoms with Crippen LogP contribution in [0.15, 0.2) is 18.3 Å². The van der Waals surface area contributed by atoms with Gasteiger partial charge in [0.05, 0.1) is 0 Å². The summed E-state index contributed by atoms with van der Waals surface area (Å²) in [4.78, 5) is 9.25. The Labute approximate surface area is 101 Å². The van der Waals surface area contributed by atoms with Crippen LogP contribution in [0.2, 0.25) is 0 Å². The van der Waals surface area contributed by atoms with Gasteiger partial charge in [0.15, 0.2) is 5.65 Å². The molecule has 0 bridgehead atoms. The van der Waals surface area contributed by atoms with Crippen LogP contribution in [0.4, 0.5) is 0 Å². The lowest BCUT2D eigenvalue weighted by Gasteiger charge is -2.15. The van der Waals surface area contributed by atoms with Gasteiger partial charge in [0.1, 0.15) is 11.3 Å². The molecule has 1 N–H and O–H groups in total. The molecule has 0 aliphatic carbocycles. The van der Waals surface area contributed by atoms with Gasteiger partial charge in [-0.15, -0.1) is 0 Å². The number of hydrogen-bond acceptors (Lipinski definition) is 3. The van der Waals surface area contributed by atoms with Crippen LogP contribution >= 0.6 is 0 Å². The van der Waals surface area contributed by atoms with Crippen LogP contribution in [0.5, 0.6) is 0 Å². The van der Waals surface area contributed by atoms with E-state index in [0.717, 1.165) is 24.3 Å². The minimum absolute atomic E-state index is 0.408. The largest absolute Gasteiger partial charge is 0.316 e. The summed E-state index contributed by atoms with van der Waals surface area (Å²) >= 11 is 0. The van der Waals surface area contributed by atoms with Crippen molar-refractivity contribution < 1.29 is 0 Å². The molecule has 1 aliphatic rings. The first-order valence-corrected chi connectivity index (χ1v) is 6.31. The molecule has 90 valence electrons. The van der Waals surface area contributed by atoms with E-state index in [1.54, 1.807) is 0 Å². The summed E-state index contributed by atoms with van der Waals surface area (Å²) < 4.78 is 2.28. The van der Waals surface area contributed by atoms with E-state index in [0.29, 0.717) is 12.0 Å². The van der Waals surface area contributed by atoms with Crippen LogP contribution in [0.3, 0.4) is 0 Å². The van der Waals surface area contributed by atoms with Crippen molar-refractivity contribution in [2.24, 2.45) is 0 Å². The average molecular weight is 230 g/mol. The summed E-state index contributed by atoms with van der Waals surface area (Å²) in [6.45, 7) is 6.53. The molecule has 3 heterocycles. The molecule has 3 rings (SSSR count). The van der Waals surface area contributed by atoms with E-state index in [-0.39, 0.29) is 0 Å². The third-order valence-corrected chi connectivity index (χ3v) is 3.42. The Bertz CT molecular complexity index is 523. The van der Waals surface area contributed by atoms with Crippen molar-refractivity contribution in [1.82, 2.24) is 19.9 Å². The van der Waals surface area contributed by atoms with E-state index in [1.165, 1.54) is 12.2 Å². The van der Waals surface area contributed by atoms with Crippen LogP contribution in [0, 0.1) is 0 Å². The summed E-state index contributed by atoms with van der Waals surface area (Å²) in [5.41, 5.74) is 2.03. The van der Waals surface area contributed by atoms with Crippen molar-refractivity contribution in [2.45, 2.75) is 32.2 Å². The van der Waals surface area contributed by atoms with Gasteiger partial charge in [0.25, 0.3) is 0 Å². The number of imidazole rings is 1. The zero-order chi connectivity index (χ0) is 11.8. The first kappa shape index (κ1) is 10.7. The maximum atomic E-state index is 4.78. The number of hydrogen-bond donors (Lipinski definition) is 1. The molecule has 2 aromatic rings. The molecule has 0 saturated carbocycles. The van der Waals surface area contributed by atoms with Crippen molar-refractivity contribution in [3.8, 4) is 0 Å². The van der Waals surface area contributed by atoms with Gasteiger partial charge in [-0.25, -0.2) is 9.97 Å². The van der Waals surface area contributed by atoms with Crippen LogP contribution < -0.4 is 5.32 Å². The van der Waals surface area contributed by atoms with E-state index in [2.05, 4.69) is 28.7 Å². The SMILES string of the molecule is CC(C)n1c(C2CCNC2)nc2cccnc21. The molecule has 0 spiro atoms. The predicted octanol–water partition coefficient (Wildman–Crippen LogP) is 2.09. The van der Waals surface area contributed by atoms with Gasteiger partial charge in [0, 0.05) is 24.7 Å². The number of nitrogens with one attached hydrogen (secondary N) is 1. The van der Waals surface area contributed by atoms with Crippen molar-refractivity contribution >= 4 is 11.2 Å². The Kier molecular flexibility index (Phi) is 2.59. The lowest BCUT2D eigenvalue weighted by atomic mass is 10.1. The molecule has 1 fully saturated rings. The maximum absolute atomic E-state index is 4.78. The normalized spacial score (nSPS) is 20.5. The van der Waals surface area contributed by atoms with Gasteiger partial charge in [-0.05, 0) is 38.9 Å². The van der Waals surface area contributed by atoms with Crippen molar-refractivity contribution in [1.29, 1.82) is 0 Å². The highest BCUT2D eigenvalue weighted by Gasteiger charge is 2.24. The topological polar surface area (TPSA) is 42.7 Å². The van der Waals surface area contributed by atoms with Gasteiger partial charge in [0.2, 0.25) is 0 Å². The standard InChI is InChI=1S/C13H18N4/c1-9(2)17-12(10-5-7-14-8-10)16-11-4-3-6-15-13(11)17/h3-4,6,9-10,14H,5,7-8H2,1-2H3. The number of pyridine rings is 1. The minimum Gasteiger partial charge on any atom is -0.316 e. The van der Waals surface area contributed by atoms with E-state index >= 15 is 0 Å². The molecule has 0 aromatic carbocycles. The molecule has 2 aromatic heterocycles. The zero-order valence-electron chi connectivity index (χ0n) is 10.3. The predicted molar refractivity (Wildman–Crippen MR) is 68.1 cm³/mol. The smallest absolute Gasteiger partial charge is 0.160 e. The fourth-order valence-electron chi connectivity index (χ4n) is 2.62. The average Bonchev–Trinajstić information content (AvgIpc) is 2.95. The Morgan fingerprint density at radius 1 is 1.47 bits per heavy atom. The second-order valence-electron chi connectivity index (χ2n) is 4.97. The van der Waals surface area contributed by atoms with Crippen molar-refractivity contribution in [3.05, 3.63) is 24.2 Å². The quantitative estimate of drug-likeness (QED) is 0.859. The van der Waals surface area contributed by atoms with Gasteiger partial charge in [-0.2, -0.15) is 0 Å². The van der Waals surface area contributed by atoms with E-state index in [9.17, 15) is 0 Å². The summed E-state index contributed by atoms with van der Waals surface area (Å²) in [6, 6.07) is 4.41. The van der Waals surface area contributed by atoms with Gasteiger partial charge in [-0.1, -0.05) is 0 Å². The summed E-state index contributed by atoms with van der Waals surface area (Å²) in [5.74, 6) is 1.73. The van der Waals surface area contributed by atoms with Crippen molar-refractivity contribution in [3.63, 3.8) is 0 Å². The molecule has 1 aliphatic heterocycles. The Morgan fingerprint density at radius 3 is 3.06 bits per heavy atom. The van der Waals surface area contributed by atoms with E-state index in [4.69, 9.17) is 4.98 Å². The molecule has 1 atom stereocenters. The Balaban J connectivity index is 2.18. The van der Waals surface area contributed by atoms with Gasteiger partial charge >= 0.3 is 0 Å². The molecule has 0 radical (unpaired) electrons. The maximum Gasteiger partial charge on any atom is 0.160 e. The fraction of sp³-hybridized carbons (Fsp3) is 0.538. The first-order chi connectivity index (χ1) is 8.27. The molecule has 4 heteroatoms. The number of nitrogens with zero attached hydrogens (tertiary/aromatic N) is 3. The lowest BCUT2D eigenvalue weighted by molar-refractivity contribution is 0.547. The fourth-order valence-corrected chi connectivity index (χ4v) is 2.62. The highest BCUT2D eigenvalue weighted by Crippen LogP contribution is 2.27. The number of aromatic nitrogens is 3. The Morgan fingerprint density at radius 2 is 2.35 bits per heavy atom. The lowest BCUT2D eigenvalue weighted by Crippen LogP contribution is -2.14. The van der Waals surface area contributed by atoms with E-state index < -0.39 is 0 Å². The van der Waals surface area contributed by atoms with Crippen LogP contribution in [0.25, 0.3) is 11.2 Å². The number of rotatable bonds is 2.